The molecule has 0 aliphatic carbocycles. The topological polar surface area (TPSA) is 77.2 Å². The normalized spacial score (nSPS) is 10.4. The Hall–Kier alpha value is -2.37. The first-order valence-electron chi connectivity index (χ1n) is 5.89. The van der Waals surface area contributed by atoms with Crippen molar-refractivity contribution >= 4 is 5.97 Å². The van der Waals surface area contributed by atoms with E-state index < -0.39 is 5.97 Å². The van der Waals surface area contributed by atoms with E-state index in [1.54, 1.807) is 25.3 Å². The summed E-state index contributed by atoms with van der Waals surface area (Å²) in [6.07, 6.45) is 3.57. The average Bonchev–Trinajstić information content (AvgIpc) is 2.77. The number of pyridine rings is 1. The number of carboxylic acids is 1. The van der Waals surface area contributed by atoms with Crippen molar-refractivity contribution in [3.8, 4) is 5.75 Å². The SMILES string of the molecule is Cc1ccc(OCCn2ccnc2C)c(C(=O)O)n1. The van der Waals surface area contributed by atoms with Gasteiger partial charge in [0.25, 0.3) is 0 Å². The van der Waals surface area contributed by atoms with Crippen molar-refractivity contribution in [2.75, 3.05) is 6.61 Å². The summed E-state index contributed by atoms with van der Waals surface area (Å²) in [7, 11) is 0. The molecule has 0 spiro atoms. The number of aromatic carboxylic acids is 1. The molecule has 0 aliphatic heterocycles. The first kappa shape index (κ1) is 13.1. The number of carboxylic acid groups (broad SMARTS) is 1. The van der Waals surface area contributed by atoms with Crippen molar-refractivity contribution in [1.29, 1.82) is 0 Å². The summed E-state index contributed by atoms with van der Waals surface area (Å²) in [5.74, 6) is 0.0949. The highest BCUT2D eigenvalue weighted by Gasteiger charge is 2.13. The second-order valence-corrected chi connectivity index (χ2v) is 4.12. The van der Waals surface area contributed by atoms with Crippen LogP contribution in [0.3, 0.4) is 0 Å². The van der Waals surface area contributed by atoms with Crippen LogP contribution in [0.15, 0.2) is 24.5 Å². The lowest BCUT2D eigenvalue weighted by atomic mass is 10.3. The van der Waals surface area contributed by atoms with E-state index in [4.69, 9.17) is 9.84 Å². The van der Waals surface area contributed by atoms with Gasteiger partial charge >= 0.3 is 5.97 Å². The molecule has 2 heterocycles. The molecular formula is C13H15N3O3. The molecule has 1 N–H and O–H groups in total. The smallest absolute Gasteiger partial charge is 0.358 e. The Morgan fingerprint density at radius 1 is 1.42 bits per heavy atom. The highest BCUT2D eigenvalue weighted by molar-refractivity contribution is 5.88. The molecule has 0 aliphatic rings. The molecule has 2 rings (SSSR count). The van der Waals surface area contributed by atoms with Crippen LogP contribution in [-0.2, 0) is 6.54 Å². The van der Waals surface area contributed by atoms with Crippen LogP contribution in [0.2, 0.25) is 0 Å². The number of hydrogen-bond acceptors (Lipinski definition) is 4. The Balaban J connectivity index is 2.03. The predicted octanol–water partition coefficient (Wildman–Crippen LogP) is 1.67. The zero-order valence-electron chi connectivity index (χ0n) is 10.8. The van der Waals surface area contributed by atoms with Gasteiger partial charge in [0.1, 0.15) is 12.4 Å². The van der Waals surface area contributed by atoms with E-state index >= 15 is 0 Å². The molecule has 0 aromatic carbocycles. The van der Waals surface area contributed by atoms with Crippen molar-refractivity contribution in [2.24, 2.45) is 0 Å². The number of hydrogen-bond donors (Lipinski definition) is 1. The fourth-order valence-electron chi connectivity index (χ4n) is 1.71. The molecular weight excluding hydrogens is 246 g/mol. The summed E-state index contributed by atoms with van der Waals surface area (Å²) < 4.78 is 7.42. The van der Waals surface area contributed by atoms with Crippen LogP contribution in [0.4, 0.5) is 0 Å². The maximum atomic E-state index is 11.1. The zero-order chi connectivity index (χ0) is 13.8. The number of ether oxygens (including phenoxy) is 1. The fourth-order valence-corrected chi connectivity index (χ4v) is 1.71. The summed E-state index contributed by atoms with van der Waals surface area (Å²) in [5.41, 5.74) is 0.595. The van der Waals surface area contributed by atoms with Gasteiger partial charge in [0.05, 0.1) is 6.54 Å². The second-order valence-electron chi connectivity index (χ2n) is 4.12. The van der Waals surface area contributed by atoms with E-state index in [9.17, 15) is 4.79 Å². The largest absolute Gasteiger partial charge is 0.489 e. The van der Waals surface area contributed by atoms with Gasteiger partial charge in [0.2, 0.25) is 0 Å². The molecule has 0 amide bonds. The molecule has 0 radical (unpaired) electrons. The van der Waals surface area contributed by atoms with Crippen LogP contribution in [0.5, 0.6) is 5.75 Å². The number of aromatic nitrogens is 3. The molecule has 0 bridgehead atoms. The van der Waals surface area contributed by atoms with Crippen LogP contribution in [0.25, 0.3) is 0 Å². The van der Waals surface area contributed by atoms with Crippen LogP contribution < -0.4 is 4.74 Å². The molecule has 6 nitrogen and oxygen atoms in total. The number of nitrogens with zero attached hydrogens (tertiary/aromatic N) is 3. The predicted molar refractivity (Wildman–Crippen MR) is 68.4 cm³/mol. The lowest BCUT2D eigenvalue weighted by molar-refractivity contribution is 0.0685. The lowest BCUT2D eigenvalue weighted by Gasteiger charge is -2.10. The maximum absolute atomic E-state index is 11.1. The van der Waals surface area contributed by atoms with Gasteiger partial charge in [-0.2, -0.15) is 0 Å². The van der Waals surface area contributed by atoms with Gasteiger partial charge in [-0.25, -0.2) is 14.8 Å². The van der Waals surface area contributed by atoms with Gasteiger partial charge in [0, 0.05) is 18.1 Å². The van der Waals surface area contributed by atoms with E-state index in [1.165, 1.54) is 0 Å². The summed E-state index contributed by atoms with van der Waals surface area (Å²) >= 11 is 0. The van der Waals surface area contributed by atoms with Gasteiger partial charge in [0.15, 0.2) is 11.4 Å². The monoisotopic (exact) mass is 261 g/mol. The van der Waals surface area contributed by atoms with Gasteiger partial charge in [-0.1, -0.05) is 0 Å². The lowest BCUT2D eigenvalue weighted by Crippen LogP contribution is -2.12. The van der Waals surface area contributed by atoms with E-state index in [0.29, 0.717) is 18.8 Å². The molecule has 19 heavy (non-hydrogen) atoms. The van der Waals surface area contributed by atoms with Crippen LogP contribution in [0.1, 0.15) is 22.0 Å². The summed E-state index contributed by atoms with van der Waals surface area (Å²) in [5, 5.41) is 9.06. The van der Waals surface area contributed by atoms with Crippen LogP contribution in [0, 0.1) is 13.8 Å². The van der Waals surface area contributed by atoms with Crippen molar-refractivity contribution in [3.05, 3.63) is 41.7 Å². The second kappa shape index (κ2) is 5.51. The number of imidazole rings is 1. The number of aryl methyl sites for hydroxylation is 2. The molecule has 6 heteroatoms. The van der Waals surface area contributed by atoms with E-state index in [0.717, 1.165) is 5.82 Å². The third-order valence-corrected chi connectivity index (χ3v) is 2.71. The summed E-state index contributed by atoms with van der Waals surface area (Å²) in [4.78, 5) is 19.1. The van der Waals surface area contributed by atoms with Gasteiger partial charge in [-0.05, 0) is 26.0 Å². The Kier molecular flexibility index (Phi) is 3.79. The molecule has 0 atom stereocenters. The Morgan fingerprint density at radius 3 is 2.84 bits per heavy atom. The molecule has 0 saturated carbocycles. The number of carbonyl (C=O) groups is 1. The molecule has 0 fully saturated rings. The van der Waals surface area contributed by atoms with Crippen molar-refractivity contribution in [3.63, 3.8) is 0 Å². The Morgan fingerprint density at radius 2 is 2.21 bits per heavy atom. The van der Waals surface area contributed by atoms with Crippen molar-refractivity contribution in [1.82, 2.24) is 14.5 Å². The van der Waals surface area contributed by atoms with Gasteiger partial charge in [-0.15, -0.1) is 0 Å². The molecule has 2 aromatic heterocycles. The fraction of sp³-hybridized carbons (Fsp3) is 0.308. The molecule has 0 unspecified atom stereocenters. The molecule has 2 aromatic rings. The first-order valence-corrected chi connectivity index (χ1v) is 5.89. The van der Waals surface area contributed by atoms with Gasteiger partial charge in [-0.3, -0.25) is 0 Å². The highest BCUT2D eigenvalue weighted by Crippen LogP contribution is 2.17. The van der Waals surface area contributed by atoms with Crippen LogP contribution >= 0.6 is 0 Å². The zero-order valence-corrected chi connectivity index (χ0v) is 10.8. The van der Waals surface area contributed by atoms with E-state index in [2.05, 4.69) is 9.97 Å². The average molecular weight is 261 g/mol. The van der Waals surface area contributed by atoms with E-state index in [1.807, 2.05) is 17.7 Å². The maximum Gasteiger partial charge on any atom is 0.358 e. The van der Waals surface area contributed by atoms with Crippen molar-refractivity contribution in [2.45, 2.75) is 20.4 Å². The molecule has 0 saturated heterocycles. The minimum atomic E-state index is -1.09. The minimum Gasteiger partial charge on any atom is -0.489 e. The van der Waals surface area contributed by atoms with E-state index in [-0.39, 0.29) is 11.4 Å². The Labute approximate surface area is 110 Å². The van der Waals surface area contributed by atoms with Crippen molar-refractivity contribution < 1.29 is 14.6 Å². The number of rotatable bonds is 5. The first-order chi connectivity index (χ1) is 9.08. The third-order valence-electron chi connectivity index (χ3n) is 2.71. The highest BCUT2D eigenvalue weighted by atomic mass is 16.5. The van der Waals surface area contributed by atoms with Crippen LogP contribution in [-0.4, -0.2) is 32.2 Å². The van der Waals surface area contributed by atoms with Gasteiger partial charge < -0.3 is 14.4 Å². The molecule has 100 valence electrons. The standard InChI is InChI=1S/C13H15N3O3/c1-9-3-4-11(12(15-9)13(17)18)19-8-7-16-6-5-14-10(16)2/h3-6H,7-8H2,1-2H3,(H,17,18). The quantitative estimate of drug-likeness (QED) is 0.885. The Bertz CT molecular complexity index is 593. The summed E-state index contributed by atoms with van der Waals surface area (Å²) in [6.45, 7) is 4.61. The third kappa shape index (κ3) is 3.09. The summed E-state index contributed by atoms with van der Waals surface area (Å²) in [6, 6.07) is 3.36. The minimum absolute atomic E-state index is 0.0534.